The Kier molecular flexibility index (Phi) is 6.68. The van der Waals surface area contributed by atoms with E-state index in [2.05, 4.69) is 51.6 Å². The maximum absolute atomic E-state index is 2.48. The number of hydrogen-bond acceptors (Lipinski definition) is 0. The Morgan fingerprint density at radius 1 is 1.00 bits per heavy atom. The number of aryl methyl sites for hydroxylation is 1. The molecule has 1 rings (SSSR count). The van der Waals surface area contributed by atoms with Crippen molar-refractivity contribution in [3.63, 3.8) is 0 Å². The van der Waals surface area contributed by atoms with Gasteiger partial charge in [0.05, 0.1) is 0 Å². The van der Waals surface area contributed by atoms with E-state index in [1.54, 1.807) is 5.56 Å². The lowest BCUT2D eigenvalue weighted by molar-refractivity contribution is 0.367. The Balaban J connectivity index is 2.77. The maximum atomic E-state index is 2.48. The SMILES string of the molecule is CCCCCCC(C)(CCCC)c1ccn(C)c1C. The Morgan fingerprint density at radius 2 is 1.63 bits per heavy atom. The van der Waals surface area contributed by atoms with Crippen LogP contribution < -0.4 is 0 Å². The monoisotopic (exact) mass is 263 g/mol. The van der Waals surface area contributed by atoms with Gasteiger partial charge in [-0.2, -0.15) is 0 Å². The Bertz CT molecular complexity index is 364. The molecule has 1 unspecified atom stereocenters. The fourth-order valence-electron chi connectivity index (χ4n) is 3.15. The summed E-state index contributed by atoms with van der Waals surface area (Å²) in [5.41, 5.74) is 3.42. The second-order valence-electron chi connectivity index (χ2n) is 6.40. The zero-order valence-corrected chi connectivity index (χ0v) is 13.8. The van der Waals surface area contributed by atoms with Gasteiger partial charge in [-0.1, -0.05) is 59.3 Å². The molecule has 110 valence electrons. The smallest absolute Gasteiger partial charge is 0.0178 e. The van der Waals surface area contributed by atoms with E-state index in [0.29, 0.717) is 5.41 Å². The summed E-state index contributed by atoms with van der Waals surface area (Å²) in [7, 11) is 2.16. The van der Waals surface area contributed by atoms with Crippen LogP contribution in [-0.4, -0.2) is 4.57 Å². The van der Waals surface area contributed by atoms with Crippen molar-refractivity contribution in [3.8, 4) is 0 Å². The highest BCUT2D eigenvalue weighted by Gasteiger charge is 2.28. The molecule has 1 aromatic heterocycles. The summed E-state index contributed by atoms with van der Waals surface area (Å²) >= 11 is 0. The molecule has 1 heteroatoms. The van der Waals surface area contributed by atoms with Crippen LogP contribution in [0.1, 0.15) is 83.4 Å². The molecule has 0 bridgehead atoms. The molecule has 0 spiro atoms. The molecule has 0 saturated carbocycles. The summed E-state index contributed by atoms with van der Waals surface area (Å²) in [6.07, 6.45) is 13.0. The summed E-state index contributed by atoms with van der Waals surface area (Å²) in [6, 6.07) is 2.35. The van der Waals surface area contributed by atoms with Crippen LogP contribution in [0.4, 0.5) is 0 Å². The Morgan fingerprint density at radius 3 is 2.16 bits per heavy atom. The normalized spacial score (nSPS) is 14.6. The average Bonchev–Trinajstić information content (AvgIpc) is 2.73. The van der Waals surface area contributed by atoms with E-state index in [4.69, 9.17) is 0 Å². The van der Waals surface area contributed by atoms with Crippen molar-refractivity contribution in [2.75, 3.05) is 0 Å². The minimum absolute atomic E-state index is 0.384. The summed E-state index contributed by atoms with van der Waals surface area (Å²) in [5.74, 6) is 0. The van der Waals surface area contributed by atoms with Gasteiger partial charge in [-0.05, 0) is 36.8 Å². The predicted octanol–water partition coefficient (Wildman–Crippen LogP) is 5.75. The number of hydrogen-bond donors (Lipinski definition) is 0. The van der Waals surface area contributed by atoms with E-state index >= 15 is 0 Å². The molecule has 0 aliphatic rings. The first kappa shape index (κ1) is 16.3. The topological polar surface area (TPSA) is 4.93 Å². The quantitative estimate of drug-likeness (QED) is 0.500. The lowest BCUT2D eigenvalue weighted by Gasteiger charge is -2.30. The first-order valence-electron chi connectivity index (χ1n) is 8.17. The second kappa shape index (κ2) is 7.77. The van der Waals surface area contributed by atoms with Gasteiger partial charge in [0.2, 0.25) is 0 Å². The van der Waals surface area contributed by atoms with Crippen molar-refractivity contribution in [2.24, 2.45) is 7.05 Å². The summed E-state index contributed by atoms with van der Waals surface area (Å²) in [6.45, 7) is 9.34. The summed E-state index contributed by atoms with van der Waals surface area (Å²) in [4.78, 5) is 0. The van der Waals surface area contributed by atoms with Crippen LogP contribution in [0.2, 0.25) is 0 Å². The summed E-state index contributed by atoms with van der Waals surface area (Å²) < 4.78 is 2.27. The molecule has 0 saturated heterocycles. The van der Waals surface area contributed by atoms with E-state index in [9.17, 15) is 0 Å². The molecule has 1 heterocycles. The van der Waals surface area contributed by atoms with Crippen molar-refractivity contribution < 1.29 is 0 Å². The zero-order chi connectivity index (χ0) is 14.3. The highest BCUT2D eigenvalue weighted by molar-refractivity contribution is 5.29. The largest absolute Gasteiger partial charge is 0.354 e. The molecule has 0 aliphatic carbocycles. The molecule has 0 fully saturated rings. The van der Waals surface area contributed by atoms with Crippen LogP contribution in [0.5, 0.6) is 0 Å². The molecule has 0 N–H and O–H groups in total. The minimum atomic E-state index is 0.384. The molecule has 0 aromatic carbocycles. The number of rotatable bonds is 9. The fraction of sp³-hybridized carbons (Fsp3) is 0.778. The van der Waals surface area contributed by atoms with Crippen LogP contribution in [0, 0.1) is 6.92 Å². The zero-order valence-electron chi connectivity index (χ0n) is 13.8. The van der Waals surface area contributed by atoms with Crippen LogP contribution in [-0.2, 0) is 12.5 Å². The molecule has 19 heavy (non-hydrogen) atoms. The molecule has 0 radical (unpaired) electrons. The first-order valence-corrected chi connectivity index (χ1v) is 8.17. The van der Waals surface area contributed by atoms with E-state index in [1.165, 1.54) is 57.1 Å². The lowest BCUT2D eigenvalue weighted by atomic mass is 9.74. The van der Waals surface area contributed by atoms with Crippen LogP contribution >= 0.6 is 0 Å². The van der Waals surface area contributed by atoms with Crippen molar-refractivity contribution >= 4 is 0 Å². The fourth-order valence-corrected chi connectivity index (χ4v) is 3.15. The van der Waals surface area contributed by atoms with Crippen LogP contribution in [0.15, 0.2) is 12.3 Å². The lowest BCUT2D eigenvalue weighted by Crippen LogP contribution is -2.23. The first-order chi connectivity index (χ1) is 9.05. The standard InChI is InChI=1S/C18H33N/c1-6-8-10-11-14-18(4,13-9-7-2)17-12-15-19(5)16(17)3/h12,15H,6-11,13-14H2,1-5H3. The Labute approximate surface area is 120 Å². The van der Waals surface area contributed by atoms with Crippen molar-refractivity contribution in [3.05, 3.63) is 23.5 Å². The molecule has 1 nitrogen and oxygen atoms in total. The molecular weight excluding hydrogens is 230 g/mol. The highest BCUT2D eigenvalue weighted by Crippen LogP contribution is 2.37. The second-order valence-corrected chi connectivity index (χ2v) is 6.40. The number of nitrogens with zero attached hydrogens (tertiary/aromatic N) is 1. The van der Waals surface area contributed by atoms with Gasteiger partial charge >= 0.3 is 0 Å². The van der Waals surface area contributed by atoms with Crippen molar-refractivity contribution in [1.29, 1.82) is 0 Å². The third kappa shape index (κ3) is 4.40. The van der Waals surface area contributed by atoms with Crippen LogP contribution in [0.25, 0.3) is 0 Å². The van der Waals surface area contributed by atoms with Gasteiger partial charge in [0.25, 0.3) is 0 Å². The van der Waals surface area contributed by atoms with Crippen molar-refractivity contribution in [2.45, 2.75) is 84.5 Å². The summed E-state index contributed by atoms with van der Waals surface area (Å²) in [5, 5.41) is 0. The third-order valence-corrected chi connectivity index (χ3v) is 4.70. The van der Waals surface area contributed by atoms with Gasteiger partial charge in [-0.25, -0.2) is 0 Å². The maximum Gasteiger partial charge on any atom is 0.0178 e. The van der Waals surface area contributed by atoms with Gasteiger partial charge in [0, 0.05) is 18.9 Å². The highest BCUT2D eigenvalue weighted by atomic mass is 14.9. The number of unbranched alkanes of at least 4 members (excludes halogenated alkanes) is 4. The van der Waals surface area contributed by atoms with Crippen LogP contribution in [0.3, 0.4) is 0 Å². The average molecular weight is 263 g/mol. The Hall–Kier alpha value is -0.720. The molecule has 0 amide bonds. The molecule has 1 aromatic rings. The van der Waals surface area contributed by atoms with E-state index in [1.807, 2.05) is 0 Å². The van der Waals surface area contributed by atoms with Crippen molar-refractivity contribution in [1.82, 2.24) is 4.57 Å². The molecular formula is C18H33N. The minimum Gasteiger partial charge on any atom is -0.354 e. The van der Waals surface area contributed by atoms with E-state index in [-0.39, 0.29) is 0 Å². The number of aromatic nitrogens is 1. The predicted molar refractivity (Wildman–Crippen MR) is 85.8 cm³/mol. The van der Waals surface area contributed by atoms with E-state index < -0.39 is 0 Å². The van der Waals surface area contributed by atoms with Gasteiger partial charge in [-0.15, -0.1) is 0 Å². The molecule has 0 aliphatic heterocycles. The van der Waals surface area contributed by atoms with Gasteiger partial charge in [0.15, 0.2) is 0 Å². The van der Waals surface area contributed by atoms with Gasteiger partial charge in [0.1, 0.15) is 0 Å². The van der Waals surface area contributed by atoms with Gasteiger partial charge in [-0.3, -0.25) is 0 Å². The third-order valence-electron chi connectivity index (χ3n) is 4.70. The van der Waals surface area contributed by atoms with Gasteiger partial charge < -0.3 is 4.57 Å². The molecule has 1 atom stereocenters. The van der Waals surface area contributed by atoms with E-state index in [0.717, 1.165) is 0 Å².